The Morgan fingerprint density at radius 2 is 1.94 bits per heavy atom. The summed E-state index contributed by atoms with van der Waals surface area (Å²) in [5.41, 5.74) is 2.38. The number of aromatic nitrogens is 1. The smallest absolute Gasteiger partial charge is 0.253 e. The minimum atomic E-state index is -0.327. The molecule has 0 atom stereocenters. The van der Waals surface area contributed by atoms with Crippen LogP contribution in [0.1, 0.15) is 28.8 Å². The zero-order valence-electron chi connectivity index (χ0n) is 17.9. The molecular weight excluding hydrogens is 412 g/mol. The first-order valence-electron chi connectivity index (χ1n) is 10.6. The maximum Gasteiger partial charge on any atom is 0.253 e. The standard InChI is InChI=1S/C25H25F2N3O2/c1-32-22-7-5-19(23(27)14-22)16-30-11-9-21(10-12-30)29-25(31)18-6-8-24(28-15-18)17-3-2-4-20(26)13-17/h2-8,13-15,21H,9-12,16H2,1H3,(H,29,31). The third-order valence-corrected chi connectivity index (χ3v) is 5.72. The Bertz CT molecular complexity index is 1080. The van der Waals surface area contributed by atoms with Gasteiger partial charge in [0.05, 0.1) is 18.4 Å². The van der Waals surface area contributed by atoms with Crippen LogP contribution in [0.5, 0.6) is 5.75 Å². The van der Waals surface area contributed by atoms with E-state index >= 15 is 0 Å². The predicted octanol–water partition coefficient (Wildman–Crippen LogP) is 4.43. The van der Waals surface area contributed by atoms with Gasteiger partial charge in [0, 0.05) is 49.1 Å². The first kappa shape index (κ1) is 21.9. The van der Waals surface area contributed by atoms with Crippen LogP contribution in [-0.2, 0) is 6.54 Å². The third-order valence-electron chi connectivity index (χ3n) is 5.72. The molecule has 3 aromatic rings. The van der Waals surface area contributed by atoms with Crippen molar-refractivity contribution >= 4 is 5.91 Å². The van der Waals surface area contributed by atoms with Gasteiger partial charge in [0.2, 0.25) is 0 Å². The Labute approximate surface area is 186 Å². The SMILES string of the molecule is COc1ccc(CN2CCC(NC(=O)c3ccc(-c4cccc(F)c4)nc3)CC2)c(F)c1. The number of ether oxygens (including phenoxy) is 1. The molecule has 1 aliphatic rings. The van der Waals surface area contributed by atoms with Gasteiger partial charge in [-0.1, -0.05) is 18.2 Å². The second-order valence-electron chi connectivity index (χ2n) is 7.92. The number of piperidine rings is 1. The lowest BCUT2D eigenvalue weighted by molar-refractivity contribution is 0.0908. The van der Waals surface area contributed by atoms with E-state index in [1.54, 1.807) is 36.4 Å². The molecule has 0 saturated carbocycles. The van der Waals surface area contributed by atoms with E-state index in [2.05, 4.69) is 15.2 Å². The third kappa shape index (κ3) is 5.29. The zero-order valence-corrected chi connectivity index (χ0v) is 17.9. The number of nitrogens with zero attached hydrogens (tertiary/aromatic N) is 2. The molecule has 166 valence electrons. The molecule has 0 radical (unpaired) electrons. The Kier molecular flexibility index (Phi) is 6.75. The highest BCUT2D eigenvalue weighted by molar-refractivity contribution is 5.94. The van der Waals surface area contributed by atoms with Crippen LogP contribution in [0, 0.1) is 11.6 Å². The van der Waals surface area contributed by atoms with Gasteiger partial charge in [0.25, 0.3) is 5.91 Å². The number of methoxy groups -OCH3 is 1. The number of pyridine rings is 1. The molecule has 1 fully saturated rings. The lowest BCUT2D eigenvalue weighted by Crippen LogP contribution is -2.44. The molecule has 0 bridgehead atoms. The second-order valence-corrected chi connectivity index (χ2v) is 7.92. The summed E-state index contributed by atoms with van der Waals surface area (Å²) in [6, 6.07) is 14.6. The first-order chi connectivity index (χ1) is 15.5. The molecule has 0 spiro atoms. The Hall–Kier alpha value is -3.32. The molecule has 1 aromatic heterocycles. The maximum atomic E-state index is 14.2. The molecular formula is C25H25F2N3O2. The molecule has 4 rings (SSSR count). The van der Waals surface area contributed by atoms with Gasteiger partial charge >= 0.3 is 0 Å². The highest BCUT2D eigenvalue weighted by Crippen LogP contribution is 2.21. The molecule has 32 heavy (non-hydrogen) atoms. The fourth-order valence-electron chi connectivity index (χ4n) is 3.88. The van der Waals surface area contributed by atoms with Gasteiger partial charge in [-0.25, -0.2) is 8.78 Å². The predicted molar refractivity (Wildman–Crippen MR) is 118 cm³/mol. The van der Waals surface area contributed by atoms with Crippen molar-refractivity contribution < 1.29 is 18.3 Å². The Balaban J connectivity index is 1.29. The fourth-order valence-corrected chi connectivity index (χ4v) is 3.88. The van der Waals surface area contributed by atoms with E-state index in [4.69, 9.17) is 4.74 Å². The summed E-state index contributed by atoms with van der Waals surface area (Å²) in [5.74, 6) is -0.268. The summed E-state index contributed by atoms with van der Waals surface area (Å²) in [7, 11) is 1.52. The number of hydrogen-bond acceptors (Lipinski definition) is 4. The number of nitrogens with one attached hydrogen (secondary N) is 1. The number of hydrogen-bond donors (Lipinski definition) is 1. The molecule has 0 aliphatic carbocycles. The van der Waals surface area contributed by atoms with E-state index in [9.17, 15) is 13.6 Å². The molecule has 0 unspecified atom stereocenters. The van der Waals surface area contributed by atoms with Gasteiger partial charge in [-0.3, -0.25) is 14.7 Å². The molecule has 7 heteroatoms. The van der Waals surface area contributed by atoms with Gasteiger partial charge in [-0.15, -0.1) is 0 Å². The number of rotatable bonds is 6. The zero-order chi connectivity index (χ0) is 22.5. The average molecular weight is 437 g/mol. The summed E-state index contributed by atoms with van der Waals surface area (Å²) < 4.78 is 32.6. The van der Waals surface area contributed by atoms with Crippen LogP contribution in [0.25, 0.3) is 11.3 Å². The minimum absolute atomic E-state index is 0.0577. The molecule has 1 amide bonds. The van der Waals surface area contributed by atoms with Crippen LogP contribution >= 0.6 is 0 Å². The quantitative estimate of drug-likeness (QED) is 0.620. The largest absolute Gasteiger partial charge is 0.497 e. The van der Waals surface area contributed by atoms with E-state index in [-0.39, 0.29) is 23.6 Å². The Morgan fingerprint density at radius 3 is 2.59 bits per heavy atom. The highest BCUT2D eigenvalue weighted by Gasteiger charge is 2.22. The topological polar surface area (TPSA) is 54.5 Å². The van der Waals surface area contributed by atoms with Gasteiger partial charge in [-0.2, -0.15) is 0 Å². The van der Waals surface area contributed by atoms with E-state index in [0.29, 0.717) is 34.7 Å². The summed E-state index contributed by atoms with van der Waals surface area (Å²) in [4.78, 5) is 19.1. The van der Waals surface area contributed by atoms with Crippen molar-refractivity contribution in [2.45, 2.75) is 25.4 Å². The van der Waals surface area contributed by atoms with Gasteiger partial charge < -0.3 is 10.1 Å². The van der Waals surface area contributed by atoms with Crippen molar-refractivity contribution in [3.05, 3.63) is 83.6 Å². The molecule has 1 N–H and O–H groups in total. The van der Waals surface area contributed by atoms with Crippen molar-refractivity contribution in [2.24, 2.45) is 0 Å². The van der Waals surface area contributed by atoms with Crippen molar-refractivity contribution in [3.63, 3.8) is 0 Å². The van der Waals surface area contributed by atoms with Gasteiger partial charge in [0.15, 0.2) is 0 Å². The summed E-state index contributed by atoms with van der Waals surface area (Å²) >= 11 is 0. The van der Waals surface area contributed by atoms with Crippen molar-refractivity contribution in [2.75, 3.05) is 20.2 Å². The lowest BCUT2D eigenvalue weighted by atomic mass is 10.0. The number of carbonyl (C=O) groups excluding carboxylic acids is 1. The average Bonchev–Trinajstić information content (AvgIpc) is 2.81. The summed E-state index contributed by atoms with van der Waals surface area (Å²) in [6.45, 7) is 2.07. The number of halogens is 2. The van der Waals surface area contributed by atoms with Crippen molar-refractivity contribution in [3.8, 4) is 17.0 Å². The molecule has 1 aliphatic heterocycles. The number of carbonyl (C=O) groups is 1. The summed E-state index contributed by atoms with van der Waals surface area (Å²) in [5, 5.41) is 3.06. The van der Waals surface area contributed by atoms with Crippen LogP contribution in [0.15, 0.2) is 60.8 Å². The van der Waals surface area contributed by atoms with E-state index in [0.717, 1.165) is 25.9 Å². The highest BCUT2D eigenvalue weighted by atomic mass is 19.1. The molecule has 2 aromatic carbocycles. The second kappa shape index (κ2) is 9.87. The monoisotopic (exact) mass is 437 g/mol. The van der Waals surface area contributed by atoms with Crippen molar-refractivity contribution in [1.29, 1.82) is 0 Å². The maximum absolute atomic E-state index is 14.2. The number of benzene rings is 2. The van der Waals surface area contributed by atoms with E-state index < -0.39 is 0 Å². The normalized spacial score (nSPS) is 14.8. The van der Waals surface area contributed by atoms with Crippen LogP contribution in [0.4, 0.5) is 8.78 Å². The lowest BCUT2D eigenvalue weighted by Gasteiger charge is -2.32. The summed E-state index contributed by atoms with van der Waals surface area (Å²) in [6.07, 6.45) is 3.09. The fraction of sp³-hybridized carbons (Fsp3) is 0.280. The first-order valence-corrected chi connectivity index (χ1v) is 10.6. The van der Waals surface area contributed by atoms with Gasteiger partial charge in [-0.05, 0) is 43.2 Å². The van der Waals surface area contributed by atoms with E-state index in [1.165, 1.54) is 31.5 Å². The van der Waals surface area contributed by atoms with Crippen LogP contribution in [-0.4, -0.2) is 42.0 Å². The Morgan fingerprint density at radius 1 is 1.12 bits per heavy atom. The number of amides is 1. The molecule has 2 heterocycles. The van der Waals surface area contributed by atoms with Crippen LogP contribution < -0.4 is 10.1 Å². The molecule has 1 saturated heterocycles. The number of likely N-dealkylation sites (tertiary alicyclic amines) is 1. The van der Waals surface area contributed by atoms with E-state index in [1.807, 2.05) is 0 Å². The van der Waals surface area contributed by atoms with Crippen LogP contribution in [0.3, 0.4) is 0 Å². The minimum Gasteiger partial charge on any atom is -0.497 e. The van der Waals surface area contributed by atoms with Gasteiger partial charge in [0.1, 0.15) is 17.4 Å². The molecule has 5 nitrogen and oxygen atoms in total. The van der Waals surface area contributed by atoms with Crippen molar-refractivity contribution in [1.82, 2.24) is 15.2 Å². The van der Waals surface area contributed by atoms with Crippen LogP contribution in [0.2, 0.25) is 0 Å².